The molecule has 0 aromatic carbocycles. The molecule has 0 unspecified atom stereocenters. The maximum absolute atomic E-state index is 10.8. The molecule has 0 aromatic rings. The third-order valence-corrected chi connectivity index (χ3v) is 1.21. The van der Waals surface area contributed by atoms with E-state index in [4.69, 9.17) is 4.74 Å². The molecule has 0 bridgehead atoms. The van der Waals surface area contributed by atoms with Gasteiger partial charge in [0.2, 0.25) is 0 Å². The Hall–Kier alpha value is -1.32. The van der Waals surface area contributed by atoms with Crippen molar-refractivity contribution in [3.05, 3.63) is 12.7 Å². The Balaban J connectivity index is 3.30. The minimum atomic E-state index is -0.508. The summed E-state index contributed by atoms with van der Waals surface area (Å²) in [6.45, 7) is 5.30. The molecule has 0 saturated carbocycles. The van der Waals surface area contributed by atoms with Crippen molar-refractivity contribution < 1.29 is 19.1 Å². The predicted octanol–water partition coefficient (Wildman–Crippen LogP) is 1.06. The third kappa shape index (κ3) is 7.05. The molecule has 0 aromatic heterocycles. The van der Waals surface area contributed by atoms with Crippen LogP contribution in [0.25, 0.3) is 0 Å². The summed E-state index contributed by atoms with van der Waals surface area (Å²) in [5, 5.41) is 0. The minimum absolute atomic E-state index is 0.0836. The molecule has 74 valence electrons. The van der Waals surface area contributed by atoms with Gasteiger partial charge in [0.05, 0.1) is 0 Å². The second-order valence-corrected chi connectivity index (χ2v) is 2.34. The van der Waals surface area contributed by atoms with E-state index in [1.165, 1.54) is 0 Å². The number of esters is 2. The van der Waals surface area contributed by atoms with Crippen LogP contribution in [0.15, 0.2) is 12.7 Å². The fraction of sp³-hybridized carbons (Fsp3) is 0.556. The highest BCUT2D eigenvalue weighted by molar-refractivity contribution is 5.81. The summed E-state index contributed by atoms with van der Waals surface area (Å²) >= 11 is 0. The van der Waals surface area contributed by atoms with Crippen molar-refractivity contribution in [3.63, 3.8) is 0 Å². The molecule has 0 fully saturated rings. The SMILES string of the molecule is C=CC(=O)OCCOC(=O)CCC. The summed E-state index contributed by atoms with van der Waals surface area (Å²) in [5.74, 6) is -0.774. The summed E-state index contributed by atoms with van der Waals surface area (Å²) < 4.78 is 9.31. The maximum atomic E-state index is 10.8. The van der Waals surface area contributed by atoms with Gasteiger partial charge >= 0.3 is 11.9 Å². The zero-order chi connectivity index (χ0) is 10.1. The highest BCUT2D eigenvalue weighted by atomic mass is 16.6. The first-order valence-corrected chi connectivity index (χ1v) is 4.15. The zero-order valence-electron chi connectivity index (χ0n) is 7.75. The van der Waals surface area contributed by atoms with E-state index in [-0.39, 0.29) is 19.2 Å². The van der Waals surface area contributed by atoms with Crippen LogP contribution in [0.2, 0.25) is 0 Å². The first kappa shape index (κ1) is 11.7. The molecule has 4 heteroatoms. The van der Waals surface area contributed by atoms with Gasteiger partial charge in [-0.1, -0.05) is 13.5 Å². The fourth-order valence-electron chi connectivity index (χ4n) is 0.633. The Morgan fingerprint density at radius 3 is 2.46 bits per heavy atom. The Morgan fingerprint density at radius 2 is 1.92 bits per heavy atom. The molecule has 0 aliphatic carbocycles. The molecule has 0 aliphatic rings. The van der Waals surface area contributed by atoms with Crippen LogP contribution in [-0.2, 0) is 19.1 Å². The van der Waals surface area contributed by atoms with Gasteiger partial charge in [-0.15, -0.1) is 0 Å². The lowest BCUT2D eigenvalue weighted by Crippen LogP contribution is -2.12. The lowest BCUT2D eigenvalue weighted by molar-refractivity contribution is -0.149. The Kier molecular flexibility index (Phi) is 6.59. The second kappa shape index (κ2) is 7.34. The summed E-state index contributed by atoms with van der Waals surface area (Å²) in [6, 6.07) is 0. The fourth-order valence-corrected chi connectivity index (χ4v) is 0.633. The van der Waals surface area contributed by atoms with Crippen molar-refractivity contribution in [3.8, 4) is 0 Å². The summed E-state index contributed by atoms with van der Waals surface area (Å²) in [4.78, 5) is 21.3. The molecular formula is C9H14O4. The molecule has 0 radical (unpaired) electrons. The third-order valence-electron chi connectivity index (χ3n) is 1.21. The molecule has 13 heavy (non-hydrogen) atoms. The van der Waals surface area contributed by atoms with E-state index in [0.717, 1.165) is 12.5 Å². The van der Waals surface area contributed by atoms with Crippen molar-refractivity contribution in [2.45, 2.75) is 19.8 Å². The number of ether oxygens (including phenoxy) is 2. The van der Waals surface area contributed by atoms with Crippen LogP contribution in [0.4, 0.5) is 0 Å². The molecule has 0 N–H and O–H groups in total. The van der Waals surface area contributed by atoms with Crippen molar-refractivity contribution in [1.29, 1.82) is 0 Å². The molecule has 0 saturated heterocycles. The van der Waals surface area contributed by atoms with E-state index < -0.39 is 5.97 Å². The van der Waals surface area contributed by atoms with Crippen LogP contribution in [0, 0.1) is 0 Å². The molecule has 0 spiro atoms. The van der Waals surface area contributed by atoms with Crippen molar-refractivity contribution in [1.82, 2.24) is 0 Å². The number of carbonyl (C=O) groups is 2. The van der Waals surface area contributed by atoms with Gasteiger partial charge in [-0.3, -0.25) is 4.79 Å². The number of hydrogen-bond donors (Lipinski definition) is 0. The number of carbonyl (C=O) groups excluding carboxylic acids is 2. The smallest absolute Gasteiger partial charge is 0.330 e. The molecule has 0 amide bonds. The van der Waals surface area contributed by atoms with E-state index in [0.29, 0.717) is 6.42 Å². The monoisotopic (exact) mass is 186 g/mol. The van der Waals surface area contributed by atoms with E-state index in [9.17, 15) is 9.59 Å². The Bertz CT molecular complexity index is 186. The topological polar surface area (TPSA) is 52.6 Å². The van der Waals surface area contributed by atoms with Crippen LogP contribution < -0.4 is 0 Å². The van der Waals surface area contributed by atoms with Gasteiger partial charge in [0.1, 0.15) is 13.2 Å². The van der Waals surface area contributed by atoms with Crippen LogP contribution in [0.5, 0.6) is 0 Å². The lowest BCUT2D eigenvalue weighted by atomic mass is 10.3. The van der Waals surface area contributed by atoms with E-state index in [1.807, 2.05) is 6.92 Å². The van der Waals surface area contributed by atoms with Gasteiger partial charge < -0.3 is 9.47 Å². The van der Waals surface area contributed by atoms with Gasteiger partial charge in [0.25, 0.3) is 0 Å². The van der Waals surface area contributed by atoms with Crippen molar-refractivity contribution in [2.24, 2.45) is 0 Å². The predicted molar refractivity (Wildman–Crippen MR) is 47.0 cm³/mol. The molecule has 0 rings (SSSR count). The van der Waals surface area contributed by atoms with Crippen molar-refractivity contribution in [2.75, 3.05) is 13.2 Å². The largest absolute Gasteiger partial charge is 0.462 e. The quantitative estimate of drug-likeness (QED) is 0.353. The minimum Gasteiger partial charge on any atom is -0.462 e. The van der Waals surface area contributed by atoms with Gasteiger partial charge in [-0.25, -0.2) is 4.79 Å². The highest BCUT2D eigenvalue weighted by Crippen LogP contribution is 1.91. The second-order valence-electron chi connectivity index (χ2n) is 2.34. The Morgan fingerprint density at radius 1 is 1.31 bits per heavy atom. The average molecular weight is 186 g/mol. The molecule has 0 atom stereocenters. The molecule has 0 aliphatic heterocycles. The van der Waals surface area contributed by atoms with E-state index in [1.54, 1.807) is 0 Å². The zero-order valence-corrected chi connectivity index (χ0v) is 7.75. The summed E-state index contributed by atoms with van der Waals surface area (Å²) in [7, 11) is 0. The van der Waals surface area contributed by atoms with Gasteiger partial charge in [-0.05, 0) is 6.42 Å². The first-order valence-electron chi connectivity index (χ1n) is 4.15. The molecular weight excluding hydrogens is 172 g/mol. The number of hydrogen-bond acceptors (Lipinski definition) is 4. The average Bonchev–Trinajstić information content (AvgIpc) is 2.12. The number of rotatable bonds is 6. The van der Waals surface area contributed by atoms with Crippen molar-refractivity contribution >= 4 is 11.9 Å². The van der Waals surface area contributed by atoms with Crippen LogP contribution >= 0.6 is 0 Å². The first-order chi connectivity index (χ1) is 6.20. The standard InChI is InChI=1S/C9H14O4/c1-3-5-9(11)13-7-6-12-8(10)4-2/h4H,2-3,5-7H2,1H3. The molecule has 0 heterocycles. The lowest BCUT2D eigenvalue weighted by Gasteiger charge is -2.03. The summed E-state index contributed by atoms with van der Waals surface area (Å²) in [5.41, 5.74) is 0. The maximum Gasteiger partial charge on any atom is 0.330 e. The van der Waals surface area contributed by atoms with Gasteiger partial charge in [0.15, 0.2) is 0 Å². The van der Waals surface area contributed by atoms with Gasteiger partial charge in [-0.2, -0.15) is 0 Å². The van der Waals surface area contributed by atoms with E-state index >= 15 is 0 Å². The van der Waals surface area contributed by atoms with Gasteiger partial charge in [0, 0.05) is 12.5 Å². The normalized spacial score (nSPS) is 9.00. The molecule has 4 nitrogen and oxygen atoms in total. The van der Waals surface area contributed by atoms with Crippen LogP contribution in [0.3, 0.4) is 0 Å². The van der Waals surface area contributed by atoms with E-state index in [2.05, 4.69) is 11.3 Å². The Labute approximate surface area is 77.5 Å². The summed E-state index contributed by atoms with van der Waals surface area (Å²) in [6.07, 6.45) is 2.22. The van der Waals surface area contributed by atoms with Crippen LogP contribution in [-0.4, -0.2) is 25.2 Å². The van der Waals surface area contributed by atoms with Crippen LogP contribution in [0.1, 0.15) is 19.8 Å². The highest BCUT2D eigenvalue weighted by Gasteiger charge is 2.00.